The van der Waals surface area contributed by atoms with Gasteiger partial charge in [-0.05, 0) is 60.4 Å². The SMILES string of the molecule is CC1(C)CC2CC(C)(CN2C(=O)c2ccc(CN3CCn4cccc4C3c3ccc(F)cc3F)o2)C1. The molecule has 4 heterocycles. The number of nitrogens with zero attached hydrogens (tertiary/aromatic N) is 3. The fraction of sp³-hybridized carbons (Fsp3) is 0.483. The quantitative estimate of drug-likeness (QED) is 0.447. The number of carbonyl (C=O) groups is 1. The molecule has 3 aromatic rings. The van der Waals surface area contributed by atoms with Crippen molar-refractivity contribution in [2.75, 3.05) is 13.1 Å². The van der Waals surface area contributed by atoms with Crippen LogP contribution >= 0.6 is 0 Å². The highest BCUT2D eigenvalue weighted by molar-refractivity contribution is 5.92. The number of halogens is 2. The lowest BCUT2D eigenvalue weighted by molar-refractivity contribution is 0.0671. The normalized spacial score (nSPS) is 27.3. The molecule has 36 heavy (non-hydrogen) atoms. The maximum absolute atomic E-state index is 14.9. The maximum Gasteiger partial charge on any atom is 0.289 e. The fourth-order valence-electron chi connectivity index (χ4n) is 7.30. The molecule has 5 nitrogen and oxygen atoms in total. The van der Waals surface area contributed by atoms with Crippen LogP contribution in [0, 0.1) is 22.5 Å². The van der Waals surface area contributed by atoms with E-state index in [1.165, 1.54) is 12.1 Å². The lowest BCUT2D eigenvalue weighted by Crippen LogP contribution is -2.38. The van der Waals surface area contributed by atoms with E-state index >= 15 is 0 Å². The predicted octanol–water partition coefficient (Wildman–Crippen LogP) is 6.01. The van der Waals surface area contributed by atoms with E-state index in [4.69, 9.17) is 4.42 Å². The van der Waals surface area contributed by atoms with Crippen LogP contribution in [-0.4, -0.2) is 39.4 Å². The molecule has 0 N–H and O–H groups in total. The molecule has 3 aliphatic rings. The highest BCUT2D eigenvalue weighted by Crippen LogP contribution is 2.52. The number of carbonyl (C=O) groups excluding carboxylic acids is 1. The third-order valence-corrected chi connectivity index (χ3v) is 8.30. The van der Waals surface area contributed by atoms with Crippen molar-refractivity contribution in [3.63, 3.8) is 0 Å². The molecule has 1 saturated heterocycles. The summed E-state index contributed by atoms with van der Waals surface area (Å²) in [6.07, 6.45) is 5.18. The minimum Gasteiger partial charge on any atom is -0.455 e. The summed E-state index contributed by atoms with van der Waals surface area (Å²) < 4.78 is 36.7. The van der Waals surface area contributed by atoms with Gasteiger partial charge in [-0.15, -0.1) is 0 Å². The van der Waals surface area contributed by atoms with Crippen molar-refractivity contribution in [3.8, 4) is 0 Å². The Morgan fingerprint density at radius 1 is 1.08 bits per heavy atom. The van der Waals surface area contributed by atoms with Gasteiger partial charge in [-0.3, -0.25) is 9.69 Å². The molecule has 7 heteroatoms. The van der Waals surface area contributed by atoms with E-state index in [1.807, 2.05) is 29.3 Å². The zero-order chi connectivity index (χ0) is 25.2. The Labute approximate surface area is 210 Å². The van der Waals surface area contributed by atoms with Gasteiger partial charge in [0.25, 0.3) is 5.91 Å². The second kappa shape index (κ2) is 8.30. The topological polar surface area (TPSA) is 41.6 Å². The summed E-state index contributed by atoms with van der Waals surface area (Å²) in [7, 11) is 0. The van der Waals surface area contributed by atoms with E-state index in [-0.39, 0.29) is 28.8 Å². The molecule has 6 rings (SSSR count). The first kappa shape index (κ1) is 23.5. The Bertz CT molecular complexity index is 1310. The molecule has 1 saturated carbocycles. The first-order valence-corrected chi connectivity index (χ1v) is 12.8. The average molecular weight is 494 g/mol. The maximum atomic E-state index is 14.9. The van der Waals surface area contributed by atoms with Crippen LogP contribution in [-0.2, 0) is 13.1 Å². The molecule has 2 aromatic heterocycles. The zero-order valence-electron chi connectivity index (χ0n) is 21.1. The first-order chi connectivity index (χ1) is 17.1. The van der Waals surface area contributed by atoms with Crippen LogP contribution in [0.5, 0.6) is 0 Å². The van der Waals surface area contributed by atoms with Crippen LogP contribution in [0.4, 0.5) is 8.78 Å². The Kier molecular flexibility index (Phi) is 5.41. The minimum atomic E-state index is -0.591. The Hall–Kier alpha value is -2.93. The summed E-state index contributed by atoms with van der Waals surface area (Å²) in [5.41, 5.74) is 1.78. The molecular formula is C29H33F2N3O2. The number of amides is 1. The lowest BCUT2D eigenvalue weighted by atomic mass is 9.65. The Morgan fingerprint density at radius 3 is 2.72 bits per heavy atom. The molecule has 0 radical (unpaired) electrons. The van der Waals surface area contributed by atoms with Gasteiger partial charge in [0.1, 0.15) is 17.4 Å². The number of likely N-dealkylation sites (tertiary alicyclic amines) is 1. The summed E-state index contributed by atoms with van der Waals surface area (Å²) >= 11 is 0. The van der Waals surface area contributed by atoms with Crippen LogP contribution in [0.1, 0.15) is 73.6 Å². The highest BCUT2D eigenvalue weighted by Gasteiger charge is 2.51. The number of benzene rings is 1. The molecule has 1 aromatic carbocycles. The van der Waals surface area contributed by atoms with Gasteiger partial charge in [0.15, 0.2) is 5.76 Å². The molecule has 0 spiro atoms. The third-order valence-electron chi connectivity index (χ3n) is 8.30. The number of rotatable bonds is 4. The van der Waals surface area contributed by atoms with Crippen molar-refractivity contribution in [1.29, 1.82) is 0 Å². The van der Waals surface area contributed by atoms with Crippen LogP contribution in [0.3, 0.4) is 0 Å². The molecule has 2 fully saturated rings. The molecule has 2 bridgehead atoms. The van der Waals surface area contributed by atoms with Gasteiger partial charge in [-0.1, -0.05) is 26.8 Å². The molecule has 3 unspecified atom stereocenters. The fourth-order valence-corrected chi connectivity index (χ4v) is 7.30. The summed E-state index contributed by atoms with van der Waals surface area (Å²) in [6.45, 7) is 9.52. The van der Waals surface area contributed by atoms with Crippen molar-refractivity contribution in [3.05, 3.63) is 83.1 Å². The summed E-state index contributed by atoms with van der Waals surface area (Å²) in [4.78, 5) is 17.6. The monoisotopic (exact) mass is 493 g/mol. The van der Waals surface area contributed by atoms with Crippen LogP contribution in [0.2, 0.25) is 0 Å². The van der Waals surface area contributed by atoms with E-state index in [1.54, 1.807) is 6.07 Å². The van der Waals surface area contributed by atoms with E-state index in [0.717, 1.165) is 44.1 Å². The average Bonchev–Trinajstić information content (AvgIpc) is 3.51. The van der Waals surface area contributed by atoms with Gasteiger partial charge >= 0.3 is 0 Å². The van der Waals surface area contributed by atoms with Crippen molar-refractivity contribution in [2.45, 2.75) is 65.2 Å². The smallest absolute Gasteiger partial charge is 0.289 e. The predicted molar refractivity (Wildman–Crippen MR) is 132 cm³/mol. The molecule has 2 aliphatic heterocycles. The Balaban J connectivity index is 1.24. The second-order valence-corrected chi connectivity index (χ2v) is 12.1. The molecular weight excluding hydrogens is 460 g/mol. The van der Waals surface area contributed by atoms with Crippen molar-refractivity contribution < 1.29 is 18.0 Å². The van der Waals surface area contributed by atoms with Gasteiger partial charge in [0.05, 0.1) is 12.6 Å². The minimum absolute atomic E-state index is 0.0404. The van der Waals surface area contributed by atoms with Crippen LogP contribution in [0.25, 0.3) is 0 Å². The van der Waals surface area contributed by atoms with E-state index < -0.39 is 11.6 Å². The summed E-state index contributed by atoms with van der Waals surface area (Å²) in [5.74, 6) is -0.164. The van der Waals surface area contributed by atoms with Gasteiger partial charge < -0.3 is 13.9 Å². The number of hydrogen-bond donors (Lipinski definition) is 0. The summed E-state index contributed by atoms with van der Waals surface area (Å²) in [5, 5.41) is 0. The van der Waals surface area contributed by atoms with Gasteiger partial charge in [-0.25, -0.2) is 8.78 Å². The lowest BCUT2D eigenvalue weighted by Gasteiger charge is -2.39. The Morgan fingerprint density at radius 2 is 1.92 bits per heavy atom. The highest BCUT2D eigenvalue weighted by atomic mass is 19.1. The van der Waals surface area contributed by atoms with Gasteiger partial charge in [0.2, 0.25) is 0 Å². The largest absolute Gasteiger partial charge is 0.455 e. The van der Waals surface area contributed by atoms with Gasteiger partial charge in [0, 0.05) is 49.2 Å². The van der Waals surface area contributed by atoms with Crippen molar-refractivity contribution in [1.82, 2.24) is 14.4 Å². The molecule has 1 aliphatic carbocycles. The molecule has 3 atom stereocenters. The van der Waals surface area contributed by atoms with E-state index in [0.29, 0.717) is 30.2 Å². The third kappa shape index (κ3) is 4.07. The standard InChI is InChI=1S/C29H33F2N3O2/c1-28(2)14-20-15-29(3,17-28)18-34(20)27(35)25-9-7-21(36-25)16-33-12-11-32-10-4-5-24(32)26(33)22-8-6-19(30)13-23(22)31/h4-10,13,20,26H,11-12,14-18H2,1-3H3. The first-order valence-electron chi connectivity index (χ1n) is 12.8. The van der Waals surface area contributed by atoms with Gasteiger partial charge in [-0.2, -0.15) is 0 Å². The van der Waals surface area contributed by atoms with Crippen molar-refractivity contribution in [2.24, 2.45) is 10.8 Å². The zero-order valence-corrected chi connectivity index (χ0v) is 21.1. The number of furan rings is 1. The van der Waals surface area contributed by atoms with E-state index in [9.17, 15) is 13.6 Å². The van der Waals surface area contributed by atoms with Crippen molar-refractivity contribution >= 4 is 5.91 Å². The van der Waals surface area contributed by atoms with Crippen LogP contribution in [0.15, 0.2) is 53.1 Å². The molecule has 190 valence electrons. The van der Waals surface area contributed by atoms with Crippen LogP contribution < -0.4 is 0 Å². The number of aromatic nitrogens is 1. The van der Waals surface area contributed by atoms with E-state index in [2.05, 4.69) is 30.2 Å². The number of fused-ring (bicyclic) bond motifs is 3. The molecule has 1 amide bonds. The number of hydrogen-bond acceptors (Lipinski definition) is 3. The summed E-state index contributed by atoms with van der Waals surface area (Å²) in [6, 6.07) is 11.2. The second-order valence-electron chi connectivity index (χ2n) is 12.1.